The Hall–Kier alpha value is -1.35. The van der Waals surface area contributed by atoms with E-state index in [0.717, 1.165) is 12.0 Å². The van der Waals surface area contributed by atoms with Crippen LogP contribution >= 0.6 is 0 Å². The lowest BCUT2D eigenvalue weighted by atomic mass is 9.99. The maximum absolute atomic E-state index is 12.0. The number of rotatable bonds is 5. The third-order valence-electron chi connectivity index (χ3n) is 3.18. The monoisotopic (exact) mass is 234 g/mol. The molecule has 0 aliphatic carbocycles. The Balaban J connectivity index is 2.58. The third-order valence-corrected chi connectivity index (χ3v) is 3.18. The largest absolute Gasteiger partial charge is 0.340 e. The molecule has 1 aromatic carbocycles. The van der Waals surface area contributed by atoms with Gasteiger partial charge in [-0.25, -0.2) is 0 Å². The zero-order valence-electron chi connectivity index (χ0n) is 10.9. The summed E-state index contributed by atoms with van der Waals surface area (Å²) in [6.07, 6.45) is 0.923. The van der Waals surface area contributed by atoms with Gasteiger partial charge in [0.2, 0.25) is 5.91 Å². The molecule has 1 amide bonds. The summed E-state index contributed by atoms with van der Waals surface area (Å²) in [5.74, 6) is 0.240. The van der Waals surface area contributed by atoms with Crippen LogP contribution in [0.4, 0.5) is 0 Å². The van der Waals surface area contributed by atoms with Gasteiger partial charge in [0, 0.05) is 13.6 Å². The quantitative estimate of drug-likeness (QED) is 0.847. The molecule has 0 saturated heterocycles. The van der Waals surface area contributed by atoms with E-state index >= 15 is 0 Å². The predicted molar refractivity (Wildman–Crippen MR) is 70.3 cm³/mol. The second-order valence-corrected chi connectivity index (χ2v) is 4.59. The molecule has 1 rings (SSSR count). The fraction of sp³-hybridized carbons (Fsp3) is 0.500. The van der Waals surface area contributed by atoms with Crippen LogP contribution in [-0.4, -0.2) is 23.9 Å². The van der Waals surface area contributed by atoms with E-state index in [1.54, 1.807) is 11.9 Å². The molecule has 3 nitrogen and oxygen atoms in total. The maximum atomic E-state index is 12.0. The highest BCUT2D eigenvalue weighted by molar-refractivity contribution is 5.81. The van der Waals surface area contributed by atoms with Gasteiger partial charge in [0.15, 0.2) is 0 Å². The number of hydrogen-bond donors (Lipinski definition) is 1. The van der Waals surface area contributed by atoms with Crippen LogP contribution < -0.4 is 5.73 Å². The summed E-state index contributed by atoms with van der Waals surface area (Å²) in [5, 5.41) is 0. The lowest BCUT2D eigenvalue weighted by Gasteiger charge is -2.24. The zero-order chi connectivity index (χ0) is 12.8. The Bertz CT molecular complexity index is 350. The van der Waals surface area contributed by atoms with Gasteiger partial charge in [-0.15, -0.1) is 0 Å². The minimum Gasteiger partial charge on any atom is -0.340 e. The summed E-state index contributed by atoms with van der Waals surface area (Å²) in [7, 11) is 1.80. The molecule has 1 aromatic rings. The van der Waals surface area contributed by atoms with Crippen molar-refractivity contribution in [1.29, 1.82) is 0 Å². The number of carbonyl (C=O) groups excluding carboxylic acids is 1. The molecule has 0 aliphatic rings. The second-order valence-electron chi connectivity index (χ2n) is 4.59. The number of carbonyl (C=O) groups is 1. The average Bonchev–Trinajstić information content (AvgIpc) is 2.37. The molecule has 17 heavy (non-hydrogen) atoms. The van der Waals surface area contributed by atoms with E-state index in [2.05, 4.69) is 6.92 Å². The van der Waals surface area contributed by atoms with Crippen molar-refractivity contribution in [2.75, 3.05) is 7.05 Å². The van der Waals surface area contributed by atoms with E-state index in [9.17, 15) is 4.79 Å². The molecule has 0 aliphatic heterocycles. The lowest BCUT2D eigenvalue weighted by molar-refractivity contribution is -0.132. The van der Waals surface area contributed by atoms with E-state index in [0.29, 0.717) is 6.54 Å². The number of benzene rings is 1. The van der Waals surface area contributed by atoms with E-state index in [1.165, 1.54) is 0 Å². The molecule has 0 bridgehead atoms. The summed E-state index contributed by atoms with van der Waals surface area (Å²) in [6.45, 7) is 4.68. The van der Waals surface area contributed by atoms with Gasteiger partial charge in [-0.3, -0.25) is 4.79 Å². The van der Waals surface area contributed by atoms with E-state index in [4.69, 9.17) is 5.73 Å². The third kappa shape index (κ3) is 3.86. The van der Waals surface area contributed by atoms with Gasteiger partial charge >= 0.3 is 0 Å². The van der Waals surface area contributed by atoms with Gasteiger partial charge in [0.05, 0.1) is 6.04 Å². The van der Waals surface area contributed by atoms with Crippen molar-refractivity contribution in [3.63, 3.8) is 0 Å². The van der Waals surface area contributed by atoms with Gasteiger partial charge in [-0.1, -0.05) is 50.6 Å². The lowest BCUT2D eigenvalue weighted by Crippen LogP contribution is -2.45. The van der Waals surface area contributed by atoms with Gasteiger partial charge < -0.3 is 10.6 Å². The summed E-state index contributed by atoms with van der Waals surface area (Å²) in [6, 6.07) is 9.55. The van der Waals surface area contributed by atoms with Crippen LogP contribution in [0.25, 0.3) is 0 Å². The summed E-state index contributed by atoms with van der Waals surface area (Å²) >= 11 is 0. The molecule has 3 heteroatoms. The van der Waals surface area contributed by atoms with Crippen molar-refractivity contribution in [3.05, 3.63) is 35.9 Å². The SMILES string of the molecule is CC[C@H](C)[C@@H](N)C(=O)N(C)Cc1ccccc1. The Morgan fingerprint density at radius 1 is 1.35 bits per heavy atom. The Labute approximate surface area is 104 Å². The van der Waals surface area contributed by atoms with Gasteiger partial charge in [0.1, 0.15) is 0 Å². The van der Waals surface area contributed by atoms with E-state index in [1.807, 2.05) is 37.3 Å². The first kappa shape index (κ1) is 13.7. The normalized spacial score (nSPS) is 14.1. The molecule has 0 heterocycles. The molecular weight excluding hydrogens is 212 g/mol. The van der Waals surface area contributed by atoms with Crippen LogP contribution in [0.3, 0.4) is 0 Å². The molecule has 0 aromatic heterocycles. The highest BCUT2D eigenvalue weighted by Gasteiger charge is 2.22. The summed E-state index contributed by atoms with van der Waals surface area (Å²) in [5.41, 5.74) is 7.06. The molecule has 0 fully saturated rings. The number of likely N-dealkylation sites (N-methyl/N-ethyl adjacent to an activating group) is 1. The zero-order valence-corrected chi connectivity index (χ0v) is 10.9. The van der Waals surface area contributed by atoms with Crippen LogP contribution in [-0.2, 0) is 11.3 Å². The van der Waals surface area contributed by atoms with Crippen molar-refractivity contribution in [1.82, 2.24) is 4.90 Å². The van der Waals surface area contributed by atoms with Crippen LogP contribution in [0, 0.1) is 5.92 Å². The van der Waals surface area contributed by atoms with Gasteiger partial charge in [-0.2, -0.15) is 0 Å². The molecule has 2 N–H and O–H groups in total. The minimum absolute atomic E-state index is 0.0169. The first-order valence-corrected chi connectivity index (χ1v) is 6.10. The molecule has 0 unspecified atom stereocenters. The smallest absolute Gasteiger partial charge is 0.239 e. The van der Waals surface area contributed by atoms with Gasteiger partial charge in [-0.05, 0) is 11.5 Å². The second kappa shape index (κ2) is 6.40. The predicted octanol–water partition coefficient (Wildman–Crippen LogP) is 2.02. The topological polar surface area (TPSA) is 46.3 Å². The van der Waals surface area contributed by atoms with Crippen LogP contribution in [0.2, 0.25) is 0 Å². The highest BCUT2D eigenvalue weighted by Crippen LogP contribution is 2.10. The van der Waals surface area contributed by atoms with Crippen LogP contribution in [0.1, 0.15) is 25.8 Å². The first-order chi connectivity index (χ1) is 8.06. The average molecular weight is 234 g/mol. The molecular formula is C14H22N2O. The Kier molecular flexibility index (Phi) is 5.16. The number of nitrogens with zero attached hydrogens (tertiary/aromatic N) is 1. The van der Waals surface area contributed by atoms with Crippen molar-refractivity contribution < 1.29 is 4.79 Å². The van der Waals surface area contributed by atoms with Crippen molar-refractivity contribution >= 4 is 5.91 Å². The number of hydrogen-bond acceptors (Lipinski definition) is 2. The van der Waals surface area contributed by atoms with Crippen molar-refractivity contribution in [2.45, 2.75) is 32.9 Å². The van der Waals surface area contributed by atoms with Crippen LogP contribution in [0.15, 0.2) is 30.3 Å². The van der Waals surface area contributed by atoms with Crippen molar-refractivity contribution in [2.24, 2.45) is 11.7 Å². The molecule has 94 valence electrons. The van der Waals surface area contributed by atoms with Gasteiger partial charge in [0.25, 0.3) is 0 Å². The standard InChI is InChI=1S/C14H22N2O/c1-4-11(2)13(15)14(17)16(3)10-12-8-6-5-7-9-12/h5-9,11,13H,4,10,15H2,1-3H3/t11-,13+/m0/s1. The number of nitrogens with two attached hydrogens (primary N) is 1. The molecule has 0 saturated carbocycles. The maximum Gasteiger partial charge on any atom is 0.239 e. The van der Waals surface area contributed by atoms with E-state index < -0.39 is 6.04 Å². The van der Waals surface area contributed by atoms with Crippen molar-refractivity contribution in [3.8, 4) is 0 Å². The summed E-state index contributed by atoms with van der Waals surface area (Å²) < 4.78 is 0. The number of amides is 1. The van der Waals surface area contributed by atoms with Crippen LogP contribution in [0.5, 0.6) is 0 Å². The van der Waals surface area contributed by atoms with E-state index in [-0.39, 0.29) is 11.8 Å². The molecule has 0 spiro atoms. The fourth-order valence-corrected chi connectivity index (χ4v) is 1.69. The molecule has 0 radical (unpaired) electrons. The Morgan fingerprint density at radius 2 is 1.94 bits per heavy atom. The minimum atomic E-state index is -0.395. The highest BCUT2D eigenvalue weighted by atomic mass is 16.2. The first-order valence-electron chi connectivity index (χ1n) is 6.10. The fourth-order valence-electron chi connectivity index (χ4n) is 1.69. The molecule has 2 atom stereocenters. The Morgan fingerprint density at radius 3 is 2.47 bits per heavy atom. The summed E-state index contributed by atoms with van der Waals surface area (Å²) in [4.78, 5) is 13.7.